The summed E-state index contributed by atoms with van der Waals surface area (Å²) in [6.07, 6.45) is 0.195. The van der Waals surface area contributed by atoms with Crippen LogP contribution in [-0.2, 0) is 0 Å². The molecule has 1 amide bonds. The fourth-order valence-corrected chi connectivity index (χ4v) is 3.81. The van der Waals surface area contributed by atoms with Gasteiger partial charge in [-0.05, 0) is 18.6 Å². The molecule has 1 fully saturated rings. The van der Waals surface area contributed by atoms with Crippen molar-refractivity contribution in [1.29, 1.82) is 0 Å². The van der Waals surface area contributed by atoms with Gasteiger partial charge in [0.1, 0.15) is 4.88 Å². The van der Waals surface area contributed by atoms with E-state index >= 15 is 0 Å². The number of fused-ring (bicyclic) bond motifs is 1. The normalized spacial score (nSPS) is 19.3. The van der Waals surface area contributed by atoms with E-state index in [0.717, 1.165) is 10.1 Å². The number of nitrogens with two attached hydrogens (primary N) is 1. The molecule has 0 spiro atoms. The number of carbonyl (C=O) groups is 1. The molecule has 1 aliphatic rings. The number of thiophene rings is 1. The third-order valence-corrected chi connectivity index (χ3v) is 4.82. The summed E-state index contributed by atoms with van der Waals surface area (Å²) >= 11 is 7.48. The molecule has 4 nitrogen and oxygen atoms in total. The van der Waals surface area contributed by atoms with Crippen LogP contribution >= 0.6 is 22.9 Å². The maximum atomic E-state index is 12.4. The van der Waals surface area contributed by atoms with E-state index in [1.54, 1.807) is 11.0 Å². The minimum atomic E-state index is -0.428. The van der Waals surface area contributed by atoms with Gasteiger partial charge in [0.2, 0.25) is 0 Å². The van der Waals surface area contributed by atoms with Crippen molar-refractivity contribution in [2.45, 2.75) is 12.5 Å². The molecule has 100 valence electrons. The summed E-state index contributed by atoms with van der Waals surface area (Å²) in [7, 11) is 0. The van der Waals surface area contributed by atoms with E-state index in [1.807, 2.05) is 12.1 Å². The molecule has 3 N–H and O–H groups in total. The second-order valence-electron chi connectivity index (χ2n) is 4.65. The van der Waals surface area contributed by atoms with Crippen LogP contribution in [0.5, 0.6) is 0 Å². The first-order valence-corrected chi connectivity index (χ1v) is 7.21. The molecule has 3 rings (SSSR count). The number of likely N-dealkylation sites (tertiary alicyclic amines) is 1. The first-order chi connectivity index (χ1) is 9.08. The second-order valence-corrected chi connectivity index (χ2v) is 6.11. The minimum Gasteiger partial charge on any atom is -0.397 e. The largest absolute Gasteiger partial charge is 0.397 e. The Kier molecular flexibility index (Phi) is 3.12. The Bertz CT molecular complexity index is 655. The SMILES string of the molecule is Nc1c(C(=O)N2CCC(O)C2)sc2cccc(Cl)c12. The first kappa shape index (κ1) is 12.7. The van der Waals surface area contributed by atoms with Crippen LogP contribution < -0.4 is 5.73 Å². The lowest BCUT2D eigenvalue weighted by atomic mass is 10.2. The molecule has 1 aliphatic heterocycles. The van der Waals surface area contributed by atoms with Crippen molar-refractivity contribution in [3.63, 3.8) is 0 Å². The Morgan fingerprint density at radius 1 is 1.53 bits per heavy atom. The molecular weight excluding hydrogens is 284 g/mol. The summed E-state index contributed by atoms with van der Waals surface area (Å²) in [4.78, 5) is 14.5. The molecule has 0 saturated carbocycles. The van der Waals surface area contributed by atoms with Crippen molar-refractivity contribution in [3.05, 3.63) is 28.1 Å². The van der Waals surface area contributed by atoms with Crippen LogP contribution in [0.3, 0.4) is 0 Å². The van der Waals surface area contributed by atoms with Gasteiger partial charge in [0, 0.05) is 23.2 Å². The predicted octanol–water partition coefficient (Wildman–Crippen LogP) is 2.34. The number of amides is 1. The topological polar surface area (TPSA) is 66.6 Å². The lowest BCUT2D eigenvalue weighted by molar-refractivity contribution is 0.0770. The Morgan fingerprint density at radius 2 is 2.32 bits per heavy atom. The zero-order chi connectivity index (χ0) is 13.6. The van der Waals surface area contributed by atoms with Gasteiger partial charge in [-0.3, -0.25) is 4.79 Å². The van der Waals surface area contributed by atoms with Gasteiger partial charge in [-0.1, -0.05) is 17.7 Å². The lowest BCUT2D eigenvalue weighted by Gasteiger charge is -2.14. The highest BCUT2D eigenvalue weighted by Crippen LogP contribution is 2.38. The van der Waals surface area contributed by atoms with Crippen molar-refractivity contribution in [1.82, 2.24) is 4.90 Å². The quantitative estimate of drug-likeness (QED) is 0.849. The van der Waals surface area contributed by atoms with Gasteiger partial charge >= 0.3 is 0 Å². The molecule has 2 heterocycles. The fourth-order valence-electron chi connectivity index (χ4n) is 2.36. The van der Waals surface area contributed by atoms with Crippen LogP contribution in [0.4, 0.5) is 5.69 Å². The lowest BCUT2D eigenvalue weighted by Crippen LogP contribution is -2.29. The predicted molar refractivity (Wildman–Crippen MR) is 77.8 cm³/mol. The number of nitrogen functional groups attached to an aromatic ring is 1. The highest BCUT2D eigenvalue weighted by atomic mass is 35.5. The van der Waals surface area contributed by atoms with E-state index in [9.17, 15) is 9.90 Å². The summed E-state index contributed by atoms with van der Waals surface area (Å²) < 4.78 is 0.910. The standard InChI is InChI=1S/C13H13ClN2O2S/c14-8-2-1-3-9-10(8)11(15)12(19-9)13(18)16-5-4-7(17)6-16/h1-3,7,17H,4-6,15H2. The van der Waals surface area contributed by atoms with Gasteiger partial charge < -0.3 is 15.7 Å². The number of hydrogen-bond acceptors (Lipinski definition) is 4. The minimum absolute atomic E-state index is 0.119. The maximum absolute atomic E-state index is 12.4. The number of nitrogens with zero attached hydrogens (tertiary/aromatic N) is 1. The van der Waals surface area contributed by atoms with Gasteiger partial charge in [0.25, 0.3) is 5.91 Å². The Hall–Kier alpha value is -1.30. The molecule has 2 aromatic rings. The molecule has 19 heavy (non-hydrogen) atoms. The number of β-amino-alcohol motifs (C(OH)–C–C–N with tert-alkyl or cyclic N) is 1. The van der Waals surface area contributed by atoms with Gasteiger partial charge in [0.15, 0.2) is 0 Å². The number of anilines is 1. The zero-order valence-corrected chi connectivity index (χ0v) is 11.7. The van der Waals surface area contributed by atoms with Crippen LogP contribution in [-0.4, -0.2) is 35.1 Å². The van der Waals surface area contributed by atoms with Gasteiger partial charge in [-0.25, -0.2) is 0 Å². The van der Waals surface area contributed by atoms with E-state index in [-0.39, 0.29) is 5.91 Å². The molecule has 1 atom stereocenters. The molecule has 0 aliphatic carbocycles. The van der Waals surface area contributed by atoms with Gasteiger partial charge in [-0.15, -0.1) is 11.3 Å². The van der Waals surface area contributed by atoms with Crippen LogP contribution in [0.1, 0.15) is 16.1 Å². The summed E-state index contributed by atoms with van der Waals surface area (Å²) in [5, 5.41) is 10.8. The van der Waals surface area contributed by atoms with Crippen molar-refractivity contribution in [3.8, 4) is 0 Å². The number of aliphatic hydroxyl groups is 1. The molecule has 6 heteroatoms. The highest BCUT2D eigenvalue weighted by Gasteiger charge is 2.28. The molecule has 1 unspecified atom stereocenters. The number of rotatable bonds is 1. The Labute approximate surface area is 119 Å². The van der Waals surface area contributed by atoms with Crippen molar-refractivity contribution in [2.24, 2.45) is 0 Å². The number of aliphatic hydroxyl groups excluding tert-OH is 1. The summed E-state index contributed by atoms with van der Waals surface area (Å²) in [5.41, 5.74) is 6.50. The third kappa shape index (κ3) is 2.08. The van der Waals surface area contributed by atoms with Crippen molar-refractivity contribution < 1.29 is 9.90 Å². The zero-order valence-electron chi connectivity index (χ0n) is 10.1. The average molecular weight is 297 g/mol. The summed E-state index contributed by atoms with van der Waals surface area (Å²) in [6, 6.07) is 5.51. The van der Waals surface area contributed by atoms with E-state index < -0.39 is 6.10 Å². The average Bonchev–Trinajstić information content (AvgIpc) is 2.94. The fraction of sp³-hybridized carbons (Fsp3) is 0.308. The van der Waals surface area contributed by atoms with E-state index in [4.69, 9.17) is 17.3 Å². The monoisotopic (exact) mass is 296 g/mol. The van der Waals surface area contributed by atoms with Crippen LogP contribution in [0, 0.1) is 0 Å². The van der Waals surface area contributed by atoms with E-state index in [1.165, 1.54) is 11.3 Å². The highest BCUT2D eigenvalue weighted by molar-refractivity contribution is 7.21. The number of benzene rings is 1. The van der Waals surface area contributed by atoms with Gasteiger partial charge in [0.05, 0.1) is 16.8 Å². The van der Waals surface area contributed by atoms with Crippen molar-refractivity contribution >= 4 is 44.6 Å². The molecule has 0 radical (unpaired) electrons. The molecular formula is C13H13ClN2O2S. The second kappa shape index (κ2) is 4.67. The third-order valence-electron chi connectivity index (χ3n) is 3.35. The molecule has 1 aromatic heterocycles. The number of carbonyl (C=O) groups excluding carboxylic acids is 1. The van der Waals surface area contributed by atoms with E-state index in [2.05, 4.69) is 0 Å². The number of halogens is 1. The van der Waals surface area contributed by atoms with Gasteiger partial charge in [-0.2, -0.15) is 0 Å². The van der Waals surface area contributed by atoms with Crippen LogP contribution in [0.25, 0.3) is 10.1 Å². The van der Waals surface area contributed by atoms with Crippen LogP contribution in [0.2, 0.25) is 5.02 Å². The van der Waals surface area contributed by atoms with E-state index in [0.29, 0.717) is 35.1 Å². The molecule has 0 bridgehead atoms. The maximum Gasteiger partial charge on any atom is 0.266 e. The van der Waals surface area contributed by atoms with Crippen molar-refractivity contribution in [2.75, 3.05) is 18.8 Å². The smallest absolute Gasteiger partial charge is 0.266 e. The number of hydrogen-bond donors (Lipinski definition) is 2. The summed E-state index contributed by atoms with van der Waals surface area (Å²) in [6.45, 7) is 0.946. The molecule has 1 aromatic carbocycles. The summed E-state index contributed by atoms with van der Waals surface area (Å²) in [5.74, 6) is -0.119. The first-order valence-electron chi connectivity index (χ1n) is 6.01. The van der Waals surface area contributed by atoms with Crippen LogP contribution in [0.15, 0.2) is 18.2 Å². The molecule has 1 saturated heterocycles. The Balaban J connectivity index is 2.03. The Morgan fingerprint density at radius 3 is 2.95 bits per heavy atom.